The van der Waals surface area contributed by atoms with Crippen LogP contribution in [0.4, 0.5) is 13.2 Å². The number of hydrogen-bond acceptors (Lipinski definition) is 2. The molecule has 5 heteroatoms. The number of hydrogen-bond donors (Lipinski definition) is 1. The summed E-state index contributed by atoms with van der Waals surface area (Å²) < 4.78 is 38.7. The van der Waals surface area contributed by atoms with Crippen molar-refractivity contribution in [2.24, 2.45) is 5.92 Å². The van der Waals surface area contributed by atoms with E-state index in [1.54, 1.807) is 13.8 Å². The van der Waals surface area contributed by atoms with Gasteiger partial charge in [-0.25, -0.2) is 0 Å². The molecule has 1 aromatic rings. The highest BCUT2D eigenvalue weighted by atomic mass is 19.4. The molecule has 2 nitrogen and oxygen atoms in total. The monoisotopic (exact) mass is 286 g/mol. The van der Waals surface area contributed by atoms with Crippen molar-refractivity contribution in [3.8, 4) is 0 Å². The van der Waals surface area contributed by atoms with Gasteiger partial charge < -0.3 is 5.32 Å². The summed E-state index contributed by atoms with van der Waals surface area (Å²) in [6.45, 7) is 4.94. The number of aromatic nitrogens is 1. The summed E-state index contributed by atoms with van der Waals surface area (Å²) in [7, 11) is 0. The lowest BCUT2D eigenvalue weighted by Crippen LogP contribution is -2.27. The van der Waals surface area contributed by atoms with Crippen LogP contribution in [-0.2, 0) is 12.7 Å². The molecule has 0 atom stereocenters. The lowest BCUT2D eigenvalue weighted by Gasteiger charge is -2.25. The van der Waals surface area contributed by atoms with E-state index in [1.807, 2.05) is 0 Å². The average Bonchev–Trinajstić information content (AvgIpc) is 2.30. The van der Waals surface area contributed by atoms with Gasteiger partial charge in [0.2, 0.25) is 0 Å². The van der Waals surface area contributed by atoms with Gasteiger partial charge in [0.1, 0.15) is 0 Å². The Morgan fingerprint density at radius 3 is 2.50 bits per heavy atom. The molecule has 1 heterocycles. The maximum atomic E-state index is 12.9. The van der Waals surface area contributed by atoms with Crippen LogP contribution < -0.4 is 5.32 Å². The van der Waals surface area contributed by atoms with Gasteiger partial charge >= 0.3 is 6.18 Å². The molecule has 0 spiro atoms. The van der Waals surface area contributed by atoms with Crippen LogP contribution in [0.2, 0.25) is 0 Å². The Morgan fingerprint density at radius 1 is 1.30 bits per heavy atom. The van der Waals surface area contributed by atoms with Gasteiger partial charge in [-0.15, -0.1) is 0 Å². The highest BCUT2D eigenvalue weighted by Crippen LogP contribution is 2.34. The molecule has 1 aliphatic rings. The summed E-state index contributed by atoms with van der Waals surface area (Å²) in [6, 6.07) is 2.63. The zero-order valence-electron chi connectivity index (χ0n) is 11.9. The van der Waals surface area contributed by atoms with Gasteiger partial charge in [0.25, 0.3) is 0 Å². The molecule has 1 N–H and O–H groups in total. The summed E-state index contributed by atoms with van der Waals surface area (Å²) in [5.41, 5.74) is 0.205. The van der Waals surface area contributed by atoms with Crippen LogP contribution >= 0.6 is 0 Å². The third-order valence-electron chi connectivity index (χ3n) is 3.80. The van der Waals surface area contributed by atoms with Crippen LogP contribution in [0.3, 0.4) is 0 Å². The van der Waals surface area contributed by atoms with Crippen molar-refractivity contribution in [1.29, 1.82) is 0 Å². The highest BCUT2D eigenvalue weighted by molar-refractivity contribution is 5.28. The van der Waals surface area contributed by atoms with Gasteiger partial charge in [0.15, 0.2) is 0 Å². The number of pyridine rings is 1. The number of nitrogens with one attached hydrogen (secondary N) is 1. The lowest BCUT2D eigenvalue weighted by molar-refractivity contribution is -0.138. The number of halogens is 3. The molecule has 1 aromatic heterocycles. The molecule has 0 bridgehead atoms. The first kappa shape index (κ1) is 15.3. The van der Waals surface area contributed by atoms with Gasteiger partial charge in [0, 0.05) is 6.54 Å². The maximum absolute atomic E-state index is 12.9. The molecule has 0 saturated heterocycles. The number of rotatable bonds is 5. The fraction of sp³-hybridized carbons (Fsp3) is 0.667. The average molecular weight is 286 g/mol. The summed E-state index contributed by atoms with van der Waals surface area (Å²) >= 11 is 0. The fourth-order valence-corrected chi connectivity index (χ4v) is 2.40. The van der Waals surface area contributed by atoms with Crippen LogP contribution in [-0.4, -0.2) is 11.5 Å². The minimum atomic E-state index is -4.33. The van der Waals surface area contributed by atoms with E-state index < -0.39 is 11.7 Å². The van der Waals surface area contributed by atoms with Crippen molar-refractivity contribution in [3.05, 3.63) is 29.1 Å². The molecule has 20 heavy (non-hydrogen) atoms. The minimum absolute atomic E-state index is 0.139. The van der Waals surface area contributed by atoms with Gasteiger partial charge in [-0.2, -0.15) is 13.2 Å². The van der Waals surface area contributed by atoms with Gasteiger partial charge in [-0.05, 0) is 43.4 Å². The zero-order valence-corrected chi connectivity index (χ0v) is 11.9. The van der Waals surface area contributed by atoms with E-state index in [0.29, 0.717) is 12.2 Å². The highest BCUT2D eigenvalue weighted by Gasteiger charge is 2.34. The molecule has 1 saturated carbocycles. The topological polar surface area (TPSA) is 24.9 Å². The second kappa shape index (κ2) is 6.12. The van der Waals surface area contributed by atoms with Crippen LogP contribution in [0.25, 0.3) is 0 Å². The molecular weight excluding hydrogens is 265 g/mol. The minimum Gasteiger partial charge on any atom is -0.311 e. The second-order valence-corrected chi connectivity index (χ2v) is 5.82. The molecule has 1 fully saturated rings. The summed E-state index contributed by atoms with van der Waals surface area (Å²) in [6.07, 6.45) is -0.526. The summed E-state index contributed by atoms with van der Waals surface area (Å²) in [4.78, 5) is 4.20. The third-order valence-corrected chi connectivity index (χ3v) is 3.80. The first-order valence-electron chi connectivity index (χ1n) is 7.15. The Kier molecular flexibility index (Phi) is 4.68. The Labute approximate surface area is 117 Å². The van der Waals surface area contributed by atoms with Gasteiger partial charge in [-0.3, -0.25) is 4.98 Å². The standard InChI is InChI=1S/C15H21F3N2/c1-10(2)14-13(15(16,17)18)7-6-12(20-14)9-19-8-11-4-3-5-11/h6-7,10-11,19H,3-5,8-9H2,1-2H3. The molecule has 112 valence electrons. The van der Waals surface area contributed by atoms with E-state index in [-0.39, 0.29) is 11.6 Å². The largest absolute Gasteiger partial charge is 0.418 e. The number of nitrogens with zero attached hydrogens (tertiary/aromatic N) is 1. The maximum Gasteiger partial charge on any atom is 0.418 e. The SMILES string of the molecule is CC(C)c1nc(CNCC2CCC2)ccc1C(F)(F)F. The summed E-state index contributed by atoms with van der Waals surface area (Å²) in [5.74, 6) is 0.493. The Hall–Kier alpha value is -1.10. The van der Waals surface area contributed by atoms with E-state index >= 15 is 0 Å². The zero-order chi connectivity index (χ0) is 14.8. The first-order chi connectivity index (χ1) is 9.38. The quantitative estimate of drug-likeness (QED) is 0.881. The van der Waals surface area contributed by atoms with E-state index in [0.717, 1.165) is 18.5 Å². The van der Waals surface area contributed by atoms with E-state index in [9.17, 15) is 13.2 Å². The van der Waals surface area contributed by atoms with Crippen molar-refractivity contribution in [2.45, 2.75) is 51.7 Å². The van der Waals surface area contributed by atoms with Crippen molar-refractivity contribution in [3.63, 3.8) is 0 Å². The Morgan fingerprint density at radius 2 is 2.00 bits per heavy atom. The van der Waals surface area contributed by atoms with Crippen molar-refractivity contribution >= 4 is 0 Å². The predicted molar refractivity (Wildman–Crippen MR) is 72.4 cm³/mol. The molecule has 0 amide bonds. The van der Waals surface area contributed by atoms with Crippen LogP contribution in [0.5, 0.6) is 0 Å². The summed E-state index contributed by atoms with van der Waals surface area (Å²) in [5, 5.41) is 3.28. The molecule has 1 aliphatic carbocycles. The molecule has 0 aromatic carbocycles. The van der Waals surface area contributed by atoms with Gasteiger partial charge in [-0.1, -0.05) is 20.3 Å². The predicted octanol–water partition coefficient (Wildman–Crippen LogP) is 4.11. The van der Waals surface area contributed by atoms with Crippen molar-refractivity contribution < 1.29 is 13.2 Å². The second-order valence-electron chi connectivity index (χ2n) is 5.82. The smallest absolute Gasteiger partial charge is 0.311 e. The lowest BCUT2D eigenvalue weighted by atomic mass is 9.85. The fourth-order valence-electron chi connectivity index (χ4n) is 2.40. The Balaban J connectivity index is 2.04. The molecular formula is C15H21F3N2. The molecule has 0 unspecified atom stereocenters. The van der Waals surface area contributed by atoms with E-state index in [1.165, 1.54) is 25.3 Å². The van der Waals surface area contributed by atoms with Crippen molar-refractivity contribution in [2.75, 3.05) is 6.54 Å². The van der Waals surface area contributed by atoms with Crippen LogP contribution in [0, 0.1) is 5.92 Å². The molecule has 0 aliphatic heterocycles. The molecule has 2 rings (SSSR count). The Bertz CT molecular complexity index is 451. The van der Waals surface area contributed by atoms with Gasteiger partial charge in [0.05, 0.1) is 17.0 Å². The van der Waals surface area contributed by atoms with E-state index in [4.69, 9.17) is 0 Å². The normalized spacial score (nSPS) is 16.5. The number of alkyl halides is 3. The van der Waals surface area contributed by atoms with Crippen LogP contribution in [0.15, 0.2) is 12.1 Å². The van der Waals surface area contributed by atoms with E-state index in [2.05, 4.69) is 10.3 Å². The third kappa shape index (κ3) is 3.72. The van der Waals surface area contributed by atoms with Crippen molar-refractivity contribution in [1.82, 2.24) is 10.3 Å². The van der Waals surface area contributed by atoms with Crippen LogP contribution in [0.1, 0.15) is 56.0 Å². The first-order valence-corrected chi connectivity index (χ1v) is 7.15. The molecule has 0 radical (unpaired) electrons.